The molecule has 0 aliphatic carbocycles. The van der Waals surface area contributed by atoms with E-state index in [2.05, 4.69) is 0 Å². The van der Waals surface area contributed by atoms with E-state index in [0.29, 0.717) is 13.0 Å². The van der Waals surface area contributed by atoms with Crippen LogP contribution in [0.4, 0.5) is 0 Å². The van der Waals surface area contributed by atoms with Crippen LogP contribution in [0.2, 0.25) is 0 Å². The predicted molar refractivity (Wildman–Crippen MR) is 58.7 cm³/mol. The summed E-state index contributed by atoms with van der Waals surface area (Å²) in [5.74, 6) is -0.780. The fourth-order valence-electron chi connectivity index (χ4n) is 1.35. The number of ether oxygens (including phenoxy) is 2. The second-order valence-electron chi connectivity index (χ2n) is 5.62. The number of carbonyl (C=O) groups excluding carboxylic acids is 2. The van der Waals surface area contributed by atoms with Gasteiger partial charge in [0.05, 0.1) is 5.41 Å². The minimum absolute atomic E-state index is 0.302. The molecule has 0 N–H and O–H groups in total. The number of hydrogen-bond acceptors (Lipinski definition) is 4. The van der Waals surface area contributed by atoms with Gasteiger partial charge in [-0.15, -0.1) is 0 Å². The third-order valence-electron chi connectivity index (χ3n) is 3.17. The van der Waals surface area contributed by atoms with E-state index in [9.17, 15) is 9.59 Å². The van der Waals surface area contributed by atoms with Crippen LogP contribution >= 0.6 is 0 Å². The maximum atomic E-state index is 11.9. The van der Waals surface area contributed by atoms with Gasteiger partial charge in [0.2, 0.25) is 6.10 Å². The number of cyclic esters (lactones) is 1. The number of esters is 2. The van der Waals surface area contributed by atoms with E-state index in [-0.39, 0.29) is 5.97 Å². The van der Waals surface area contributed by atoms with E-state index in [1.807, 2.05) is 34.6 Å². The minimum Gasteiger partial charge on any atom is -0.462 e. The van der Waals surface area contributed by atoms with Crippen molar-refractivity contribution in [2.24, 2.45) is 10.8 Å². The lowest BCUT2D eigenvalue weighted by Crippen LogP contribution is -2.39. The van der Waals surface area contributed by atoms with Crippen molar-refractivity contribution in [1.82, 2.24) is 0 Å². The highest BCUT2D eigenvalue weighted by atomic mass is 16.6. The first-order valence-electron chi connectivity index (χ1n) is 5.58. The SMILES string of the molecule is CCC(C)(C)C(=O)OC1C(=O)OCC1(C)C. The van der Waals surface area contributed by atoms with E-state index >= 15 is 0 Å². The molecule has 1 unspecified atom stereocenters. The Morgan fingerprint density at radius 1 is 1.56 bits per heavy atom. The summed E-state index contributed by atoms with van der Waals surface area (Å²) in [7, 11) is 0. The summed E-state index contributed by atoms with van der Waals surface area (Å²) in [6.45, 7) is 9.55. The van der Waals surface area contributed by atoms with Crippen molar-refractivity contribution in [3.63, 3.8) is 0 Å². The van der Waals surface area contributed by atoms with Crippen molar-refractivity contribution in [2.75, 3.05) is 6.61 Å². The first-order valence-corrected chi connectivity index (χ1v) is 5.58. The molecule has 1 saturated heterocycles. The molecule has 0 aromatic rings. The molecule has 92 valence electrons. The van der Waals surface area contributed by atoms with Gasteiger partial charge in [-0.2, -0.15) is 0 Å². The van der Waals surface area contributed by atoms with E-state index in [1.54, 1.807) is 0 Å². The minimum atomic E-state index is -0.772. The summed E-state index contributed by atoms with van der Waals surface area (Å²) < 4.78 is 10.2. The van der Waals surface area contributed by atoms with Crippen LogP contribution in [0.25, 0.3) is 0 Å². The van der Waals surface area contributed by atoms with Gasteiger partial charge in [-0.3, -0.25) is 4.79 Å². The van der Waals surface area contributed by atoms with Gasteiger partial charge in [-0.1, -0.05) is 20.8 Å². The number of carbonyl (C=O) groups is 2. The highest BCUT2D eigenvalue weighted by Crippen LogP contribution is 2.33. The summed E-state index contributed by atoms with van der Waals surface area (Å²) >= 11 is 0. The van der Waals surface area contributed by atoms with Crippen LogP contribution in [0.15, 0.2) is 0 Å². The second-order valence-corrected chi connectivity index (χ2v) is 5.62. The van der Waals surface area contributed by atoms with Gasteiger partial charge in [-0.25, -0.2) is 4.79 Å². The van der Waals surface area contributed by atoms with Crippen LogP contribution in [0.1, 0.15) is 41.0 Å². The maximum Gasteiger partial charge on any atom is 0.348 e. The monoisotopic (exact) mass is 228 g/mol. The molecule has 16 heavy (non-hydrogen) atoms. The summed E-state index contributed by atoms with van der Waals surface area (Å²) in [5, 5.41) is 0. The van der Waals surface area contributed by atoms with Crippen molar-refractivity contribution < 1.29 is 19.1 Å². The standard InChI is InChI=1S/C12H20O4/c1-6-11(2,3)10(14)16-8-9(13)15-7-12(8,4)5/h8H,6-7H2,1-5H3. The first-order chi connectivity index (χ1) is 7.20. The van der Waals surface area contributed by atoms with Crippen molar-refractivity contribution in [1.29, 1.82) is 0 Å². The summed E-state index contributed by atoms with van der Waals surface area (Å²) in [5.41, 5.74) is -0.991. The first kappa shape index (κ1) is 13.0. The highest BCUT2D eigenvalue weighted by molar-refractivity contribution is 5.83. The van der Waals surface area contributed by atoms with Gasteiger partial charge < -0.3 is 9.47 Å². The van der Waals surface area contributed by atoms with Gasteiger partial charge in [-0.05, 0) is 20.3 Å². The molecule has 0 amide bonds. The fraction of sp³-hybridized carbons (Fsp3) is 0.833. The van der Waals surface area contributed by atoms with Gasteiger partial charge in [0.1, 0.15) is 6.61 Å². The molecule has 0 radical (unpaired) electrons. The van der Waals surface area contributed by atoms with Gasteiger partial charge in [0.15, 0.2) is 0 Å². The molecule has 0 saturated carbocycles. The van der Waals surface area contributed by atoms with Gasteiger partial charge in [0.25, 0.3) is 0 Å². The Bertz CT molecular complexity index is 304. The predicted octanol–water partition coefficient (Wildman–Crippen LogP) is 1.92. The quantitative estimate of drug-likeness (QED) is 0.692. The Kier molecular flexibility index (Phi) is 3.31. The van der Waals surface area contributed by atoms with Gasteiger partial charge >= 0.3 is 11.9 Å². The Morgan fingerprint density at radius 3 is 2.50 bits per heavy atom. The molecule has 1 fully saturated rings. The Balaban J connectivity index is 2.74. The molecule has 0 spiro atoms. The zero-order chi connectivity index (χ0) is 12.6. The van der Waals surface area contributed by atoms with Crippen LogP contribution in [0, 0.1) is 10.8 Å². The molecule has 1 heterocycles. The van der Waals surface area contributed by atoms with E-state index < -0.39 is 22.9 Å². The second kappa shape index (κ2) is 4.07. The lowest BCUT2D eigenvalue weighted by molar-refractivity contribution is -0.170. The van der Waals surface area contributed by atoms with Crippen molar-refractivity contribution in [2.45, 2.75) is 47.1 Å². The molecule has 0 bridgehead atoms. The van der Waals surface area contributed by atoms with Crippen molar-refractivity contribution in [3.8, 4) is 0 Å². The van der Waals surface area contributed by atoms with E-state index in [1.165, 1.54) is 0 Å². The molecule has 0 aromatic heterocycles. The summed E-state index contributed by atoms with van der Waals surface area (Å²) in [6.07, 6.45) is -0.0978. The van der Waals surface area contributed by atoms with Crippen molar-refractivity contribution >= 4 is 11.9 Å². The zero-order valence-corrected chi connectivity index (χ0v) is 10.6. The molecule has 4 nitrogen and oxygen atoms in total. The summed E-state index contributed by atoms with van der Waals surface area (Å²) in [6, 6.07) is 0. The van der Waals surface area contributed by atoms with E-state index in [0.717, 1.165) is 0 Å². The highest BCUT2D eigenvalue weighted by Gasteiger charge is 2.47. The number of rotatable bonds is 3. The number of hydrogen-bond donors (Lipinski definition) is 0. The normalized spacial score (nSPS) is 24.1. The smallest absolute Gasteiger partial charge is 0.348 e. The fourth-order valence-corrected chi connectivity index (χ4v) is 1.35. The lowest BCUT2D eigenvalue weighted by Gasteiger charge is -2.27. The Hall–Kier alpha value is -1.06. The molecule has 1 atom stereocenters. The Labute approximate surface area is 96.3 Å². The topological polar surface area (TPSA) is 52.6 Å². The lowest BCUT2D eigenvalue weighted by atomic mass is 9.88. The van der Waals surface area contributed by atoms with Crippen LogP contribution in [0.5, 0.6) is 0 Å². The molecule has 1 aliphatic heterocycles. The van der Waals surface area contributed by atoms with Gasteiger partial charge in [0, 0.05) is 5.41 Å². The molecular formula is C12H20O4. The average Bonchev–Trinajstić information content (AvgIpc) is 2.44. The van der Waals surface area contributed by atoms with Crippen molar-refractivity contribution in [3.05, 3.63) is 0 Å². The average molecular weight is 228 g/mol. The van der Waals surface area contributed by atoms with Crippen LogP contribution in [-0.4, -0.2) is 24.6 Å². The molecule has 1 rings (SSSR count). The zero-order valence-electron chi connectivity index (χ0n) is 10.6. The van der Waals surface area contributed by atoms with Crippen LogP contribution in [0.3, 0.4) is 0 Å². The molecule has 0 aromatic carbocycles. The largest absolute Gasteiger partial charge is 0.462 e. The maximum absolute atomic E-state index is 11.9. The molecule has 1 aliphatic rings. The Morgan fingerprint density at radius 2 is 2.12 bits per heavy atom. The molecule has 4 heteroatoms. The molecular weight excluding hydrogens is 208 g/mol. The third kappa shape index (κ3) is 2.36. The van der Waals surface area contributed by atoms with Crippen LogP contribution in [-0.2, 0) is 19.1 Å². The third-order valence-corrected chi connectivity index (χ3v) is 3.17. The van der Waals surface area contributed by atoms with Crippen LogP contribution < -0.4 is 0 Å². The van der Waals surface area contributed by atoms with E-state index in [4.69, 9.17) is 9.47 Å². The summed E-state index contributed by atoms with van der Waals surface area (Å²) in [4.78, 5) is 23.3.